The topological polar surface area (TPSA) is 84.4 Å². The molecule has 1 N–H and O–H groups in total. The van der Waals surface area contributed by atoms with Gasteiger partial charge in [0.25, 0.3) is 0 Å². The summed E-state index contributed by atoms with van der Waals surface area (Å²) in [6.07, 6.45) is 0.198. The fourth-order valence-electron chi connectivity index (χ4n) is 2.98. The normalized spacial score (nSPS) is 17.0. The van der Waals surface area contributed by atoms with E-state index in [2.05, 4.69) is 15.5 Å². The number of rotatable bonds is 6. The first-order valence-corrected chi connectivity index (χ1v) is 9.38. The molecular formula is C18H22N4O3S. The quantitative estimate of drug-likeness (QED) is 0.840. The number of nitrogens with one attached hydrogen (secondary N) is 1. The molecule has 2 heterocycles. The van der Waals surface area contributed by atoms with Crippen LogP contribution in [0.3, 0.4) is 0 Å². The van der Waals surface area contributed by atoms with Crippen molar-refractivity contribution in [3.63, 3.8) is 0 Å². The highest BCUT2D eigenvalue weighted by molar-refractivity contribution is 7.15. The van der Waals surface area contributed by atoms with Gasteiger partial charge in [-0.1, -0.05) is 29.0 Å². The minimum atomic E-state index is -0.401. The molecule has 1 fully saturated rings. The number of carbonyl (C=O) groups is 2. The Morgan fingerprint density at radius 1 is 1.38 bits per heavy atom. The van der Waals surface area contributed by atoms with Gasteiger partial charge in [-0.2, -0.15) is 0 Å². The van der Waals surface area contributed by atoms with E-state index in [0.29, 0.717) is 29.9 Å². The minimum absolute atomic E-state index is 0.0357. The van der Waals surface area contributed by atoms with Crippen molar-refractivity contribution >= 4 is 34.0 Å². The number of ether oxygens (including phenoxy) is 1. The molecule has 1 aliphatic heterocycles. The number of amides is 2. The van der Waals surface area contributed by atoms with E-state index in [-0.39, 0.29) is 18.2 Å². The number of carbonyl (C=O) groups excluding carboxylic acids is 2. The zero-order valence-corrected chi connectivity index (χ0v) is 15.9. The zero-order valence-electron chi connectivity index (χ0n) is 15.1. The average molecular weight is 374 g/mol. The van der Waals surface area contributed by atoms with Gasteiger partial charge in [0.2, 0.25) is 16.9 Å². The number of hydrogen-bond donors (Lipinski definition) is 1. The third kappa shape index (κ3) is 4.08. The lowest BCUT2D eigenvalue weighted by molar-refractivity contribution is -0.122. The van der Waals surface area contributed by atoms with Crippen LogP contribution in [0.5, 0.6) is 0 Å². The Morgan fingerprint density at radius 3 is 2.92 bits per heavy atom. The molecule has 0 radical (unpaired) electrons. The second-order valence-corrected chi connectivity index (χ2v) is 7.38. The Kier molecular flexibility index (Phi) is 5.63. The van der Waals surface area contributed by atoms with Crippen molar-refractivity contribution in [2.75, 3.05) is 23.4 Å². The van der Waals surface area contributed by atoms with Gasteiger partial charge in [0.1, 0.15) is 11.6 Å². The van der Waals surface area contributed by atoms with Crippen molar-refractivity contribution in [3.05, 3.63) is 34.3 Å². The monoisotopic (exact) mass is 374 g/mol. The van der Waals surface area contributed by atoms with Gasteiger partial charge < -0.3 is 15.0 Å². The van der Waals surface area contributed by atoms with Gasteiger partial charge in [-0.15, -0.1) is 10.2 Å². The van der Waals surface area contributed by atoms with E-state index < -0.39 is 5.92 Å². The van der Waals surface area contributed by atoms with Crippen LogP contribution >= 0.6 is 11.3 Å². The summed E-state index contributed by atoms with van der Waals surface area (Å²) in [7, 11) is 0. The van der Waals surface area contributed by atoms with Crippen LogP contribution in [0.1, 0.15) is 29.5 Å². The molecule has 3 rings (SSSR count). The molecule has 1 atom stereocenters. The predicted molar refractivity (Wildman–Crippen MR) is 100 cm³/mol. The summed E-state index contributed by atoms with van der Waals surface area (Å²) in [4.78, 5) is 26.6. The van der Waals surface area contributed by atoms with Gasteiger partial charge >= 0.3 is 0 Å². The van der Waals surface area contributed by atoms with Crippen molar-refractivity contribution in [1.29, 1.82) is 0 Å². The highest BCUT2D eigenvalue weighted by Gasteiger charge is 2.36. The first-order chi connectivity index (χ1) is 12.5. The molecule has 1 unspecified atom stereocenters. The van der Waals surface area contributed by atoms with Crippen LogP contribution in [-0.2, 0) is 20.9 Å². The number of nitrogens with zero attached hydrogens (tertiary/aromatic N) is 3. The maximum Gasteiger partial charge on any atom is 0.231 e. The summed E-state index contributed by atoms with van der Waals surface area (Å²) < 4.78 is 5.28. The van der Waals surface area contributed by atoms with Crippen molar-refractivity contribution < 1.29 is 14.3 Å². The molecule has 1 aliphatic rings. The first-order valence-electron chi connectivity index (χ1n) is 8.56. The van der Waals surface area contributed by atoms with Gasteiger partial charge in [0, 0.05) is 25.3 Å². The number of hydrogen-bond acceptors (Lipinski definition) is 6. The van der Waals surface area contributed by atoms with Gasteiger partial charge in [-0.3, -0.25) is 9.59 Å². The summed E-state index contributed by atoms with van der Waals surface area (Å²) in [6, 6.07) is 5.95. The predicted octanol–water partition coefficient (Wildman–Crippen LogP) is 2.68. The molecule has 2 amide bonds. The molecule has 138 valence electrons. The molecule has 0 saturated carbocycles. The Balaban J connectivity index is 1.64. The minimum Gasteiger partial charge on any atom is -0.374 e. The Labute approximate surface area is 156 Å². The van der Waals surface area contributed by atoms with Crippen LogP contribution in [0.2, 0.25) is 0 Å². The van der Waals surface area contributed by atoms with Crippen LogP contribution in [0.25, 0.3) is 0 Å². The smallest absolute Gasteiger partial charge is 0.231 e. The van der Waals surface area contributed by atoms with Gasteiger partial charge in [0.05, 0.1) is 5.92 Å². The average Bonchev–Trinajstić information content (AvgIpc) is 3.20. The van der Waals surface area contributed by atoms with E-state index in [1.54, 1.807) is 4.90 Å². The number of aromatic nitrogens is 2. The lowest BCUT2D eigenvalue weighted by atomic mass is 10.1. The fourth-order valence-corrected chi connectivity index (χ4v) is 3.66. The second-order valence-electron chi connectivity index (χ2n) is 6.32. The summed E-state index contributed by atoms with van der Waals surface area (Å²) in [5.41, 5.74) is 3.04. The number of benzene rings is 1. The van der Waals surface area contributed by atoms with Crippen LogP contribution in [-0.4, -0.2) is 35.2 Å². The third-order valence-electron chi connectivity index (χ3n) is 4.27. The summed E-state index contributed by atoms with van der Waals surface area (Å²) in [5, 5.41) is 11.9. The standard InChI is InChI=1S/C18H22N4O3S/c1-4-25-10-15-20-21-18(26-15)19-17(24)13-8-16(23)22(9-13)14-6-5-11(2)7-12(14)3/h5-7,13H,4,8-10H2,1-3H3,(H,19,21,24). The van der Waals surface area contributed by atoms with E-state index in [1.165, 1.54) is 11.3 Å². The van der Waals surface area contributed by atoms with Gasteiger partial charge in [-0.05, 0) is 32.4 Å². The number of aryl methyl sites for hydroxylation is 2. The van der Waals surface area contributed by atoms with Crippen LogP contribution in [0.15, 0.2) is 18.2 Å². The second kappa shape index (κ2) is 7.92. The molecule has 1 aromatic carbocycles. The molecule has 0 bridgehead atoms. The summed E-state index contributed by atoms with van der Waals surface area (Å²) >= 11 is 1.28. The van der Waals surface area contributed by atoms with Crippen LogP contribution in [0, 0.1) is 19.8 Å². The molecule has 1 saturated heterocycles. The molecule has 26 heavy (non-hydrogen) atoms. The zero-order chi connectivity index (χ0) is 18.7. The largest absolute Gasteiger partial charge is 0.374 e. The molecule has 7 nitrogen and oxygen atoms in total. The Morgan fingerprint density at radius 2 is 2.19 bits per heavy atom. The first kappa shape index (κ1) is 18.5. The van der Waals surface area contributed by atoms with Crippen LogP contribution in [0.4, 0.5) is 10.8 Å². The highest BCUT2D eigenvalue weighted by atomic mass is 32.1. The van der Waals surface area contributed by atoms with E-state index >= 15 is 0 Å². The molecule has 8 heteroatoms. The van der Waals surface area contributed by atoms with Gasteiger partial charge in [-0.25, -0.2) is 0 Å². The Hall–Kier alpha value is -2.32. The summed E-state index contributed by atoms with van der Waals surface area (Å²) in [5.74, 6) is -0.640. The maximum absolute atomic E-state index is 12.5. The van der Waals surface area contributed by atoms with E-state index in [0.717, 1.165) is 16.8 Å². The van der Waals surface area contributed by atoms with Crippen molar-refractivity contribution in [2.45, 2.75) is 33.8 Å². The molecule has 0 spiro atoms. The fraction of sp³-hybridized carbons (Fsp3) is 0.444. The number of anilines is 2. The van der Waals surface area contributed by atoms with Crippen LogP contribution < -0.4 is 10.2 Å². The Bertz CT molecular complexity index is 821. The van der Waals surface area contributed by atoms with Crippen molar-refractivity contribution in [1.82, 2.24) is 10.2 Å². The lowest BCUT2D eigenvalue weighted by Gasteiger charge is -2.19. The SMILES string of the molecule is CCOCc1nnc(NC(=O)C2CC(=O)N(c3ccc(C)cc3C)C2)s1. The molecule has 2 aromatic rings. The molecule has 0 aliphatic carbocycles. The van der Waals surface area contributed by atoms with Crippen molar-refractivity contribution in [3.8, 4) is 0 Å². The van der Waals surface area contributed by atoms with Gasteiger partial charge in [0.15, 0.2) is 0 Å². The molecular weight excluding hydrogens is 352 g/mol. The lowest BCUT2D eigenvalue weighted by Crippen LogP contribution is -2.28. The van der Waals surface area contributed by atoms with E-state index in [9.17, 15) is 9.59 Å². The molecule has 1 aromatic heterocycles. The highest BCUT2D eigenvalue weighted by Crippen LogP contribution is 2.29. The summed E-state index contributed by atoms with van der Waals surface area (Å²) in [6.45, 7) is 7.25. The third-order valence-corrected chi connectivity index (χ3v) is 5.08. The van der Waals surface area contributed by atoms with E-state index in [4.69, 9.17) is 4.74 Å². The maximum atomic E-state index is 12.5. The van der Waals surface area contributed by atoms with E-state index in [1.807, 2.05) is 39.0 Å². The van der Waals surface area contributed by atoms with Crippen molar-refractivity contribution in [2.24, 2.45) is 5.92 Å².